The van der Waals surface area contributed by atoms with Crippen molar-refractivity contribution in [3.63, 3.8) is 0 Å². The highest BCUT2D eigenvalue weighted by Gasteiger charge is 2.35. The molecular weight excluding hydrogens is 269 g/mol. The lowest BCUT2D eigenvalue weighted by Crippen LogP contribution is -2.18. The Bertz CT molecular complexity index is 444. The van der Waals surface area contributed by atoms with Gasteiger partial charge in [0.1, 0.15) is 11.6 Å². The summed E-state index contributed by atoms with van der Waals surface area (Å²) in [6.07, 6.45) is 0.155. The van der Waals surface area contributed by atoms with Crippen molar-refractivity contribution < 1.29 is 13.2 Å². The van der Waals surface area contributed by atoms with Gasteiger partial charge in [-0.05, 0) is 19.3 Å². The first-order valence-corrected chi connectivity index (χ1v) is 6.93. The molecule has 2 rings (SSSR count). The third-order valence-corrected chi connectivity index (χ3v) is 3.42. The minimum Gasteiger partial charge on any atom is -0.370 e. The van der Waals surface area contributed by atoms with Crippen LogP contribution in [0.1, 0.15) is 38.4 Å². The summed E-state index contributed by atoms with van der Waals surface area (Å²) in [5.41, 5.74) is 0. The van der Waals surface area contributed by atoms with Gasteiger partial charge < -0.3 is 10.6 Å². The van der Waals surface area contributed by atoms with Crippen LogP contribution in [-0.4, -0.2) is 23.1 Å². The van der Waals surface area contributed by atoms with Crippen LogP contribution in [0, 0.1) is 5.92 Å². The van der Waals surface area contributed by atoms with Crippen LogP contribution in [0.3, 0.4) is 0 Å². The van der Waals surface area contributed by atoms with E-state index in [0.29, 0.717) is 19.0 Å². The molecular formula is C13H19F3N4. The van der Waals surface area contributed by atoms with E-state index in [-0.39, 0.29) is 11.6 Å². The Balaban J connectivity index is 2.03. The van der Waals surface area contributed by atoms with Crippen LogP contribution in [0.4, 0.5) is 24.8 Å². The maximum absolute atomic E-state index is 12.7. The number of aromatic nitrogens is 2. The summed E-state index contributed by atoms with van der Waals surface area (Å²) in [5.74, 6) is 0.0188. The van der Waals surface area contributed by atoms with Gasteiger partial charge in [-0.3, -0.25) is 0 Å². The summed E-state index contributed by atoms with van der Waals surface area (Å²) in [7, 11) is 0. The third-order valence-electron chi connectivity index (χ3n) is 3.42. The van der Waals surface area contributed by atoms with E-state index in [2.05, 4.69) is 20.6 Å². The van der Waals surface area contributed by atoms with Crippen molar-refractivity contribution in [2.45, 2.75) is 38.8 Å². The smallest absolute Gasteiger partial charge is 0.370 e. The fraction of sp³-hybridized carbons (Fsp3) is 0.692. The predicted molar refractivity (Wildman–Crippen MR) is 71.6 cm³/mol. The lowest BCUT2D eigenvalue weighted by molar-refractivity contribution is -0.144. The van der Waals surface area contributed by atoms with Gasteiger partial charge in [0.05, 0.1) is 0 Å². The highest BCUT2D eigenvalue weighted by Crippen LogP contribution is 2.30. The Hall–Kier alpha value is -1.53. The number of nitrogens with one attached hydrogen (secondary N) is 2. The number of anilines is 2. The van der Waals surface area contributed by atoms with Gasteiger partial charge in [0.2, 0.25) is 5.82 Å². The van der Waals surface area contributed by atoms with E-state index in [1.165, 1.54) is 25.3 Å². The van der Waals surface area contributed by atoms with Crippen molar-refractivity contribution in [3.05, 3.63) is 11.9 Å². The molecule has 1 aliphatic rings. The maximum Gasteiger partial charge on any atom is 0.451 e. The van der Waals surface area contributed by atoms with E-state index in [0.717, 1.165) is 6.42 Å². The second-order valence-corrected chi connectivity index (χ2v) is 5.00. The first-order valence-electron chi connectivity index (χ1n) is 6.93. The van der Waals surface area contributed by atoms with E-state index in [9.17, 15) is 13.2 Å². The summed E-state index contributed by atoms with van der Waals surface area (Å²) < 4.78 is 38.2. The van der Waals surface area contributed by atoms with Crippen LogP contribution in [0.15, 0.2) is 6.07 Å². The lowest BCUT2D eigenvalue weighted by Gasteiger charge is -2.25. The zero-order valence-electron chi connectivity index (χ0n) is 11.4. The Kier molecular flexibility index (Phi) is 4.67. The number of rotatable bonds is 6. The van der Waals surface area contributed by atoms with Crippen molar-refractivity contribution in [3.8, 4) is 0 Å². The van der Waals surface area contributed by atoms with Gasteiger partial charge in [0, 0.05) is 19.2 Å². The molecule has 0 atom stereocenters. The quantitative estimate of drug-likeness (QED) is 0.840. The molecule has 20 heavy (non-hydrogen) atoms. The minimum atomic E-state index is -4.53. The molecule has 0 aliphatic heterocycles. The standard InChI is InChI=1S/C13H19F3N4/c1-2-17-10-8-11(18-7-6-9-4-3-5-9)20-12(19-10)13(14,15)16/h8-9H,2-7H2,1H3,(H2,17,18,19,20). The zero-order valence-corrected chi connectivity index (χ0v) is 11.4. The number of alkyl halides is 3. The number of nitrogens with zero attached hydrogens (tertiary/aromatic N) is 2. The van der Waals surface area contributed by atoms with Gasteiger partial charge in [-0.2, -0.15) is 13.2 Å². The van der Waals surface area contributed by atoms with Crippen LogP contribution in [0.2, 0.25) is 0 Å². The fourth-order valence-electron chi connectivity index (χ4n) is 2.12. The average molecular weight is 288 g/mol. The molecule has 0 amide bonds. The molecule has 0 spiro atoms. The van der Waals surface area contributed by atoms with Gasteiger partial charge in [-0.15, -0.1) is 0 Å². The number of hydrogen-bond donors (Lipinski definition) is 2. The van der Waals surface area contributed by atoms with Crippen molar-refractivity contribution in [2.75, 3.05) is 23.7 Å². The van der Waals surface area contributed by atoms with Crippen LogP contribution >= 0.6 is 0 Å². The Morgan fingerprint density at radius 3 is 2.35 bits per heavy atom. The summed E-state index contributed by atoms with van der Waals surface area (Å²) >= 11 is 0. The first kappa shape index (κ1) is 14.9. The summed E-state index contributed by atoms with van der Waals surface area (Å²) in [5, 5.41) is 5.75. The second kappa shape index (κ2) is 6.28. The molecule has 0 bridgehead atoms. The van der Waals surface area contributed by atoms with Gasteiger partial charge in [0.15, 0.2) is 0 Å². The van der Waals surface area contributed by atoms with Crippen molar-refractivity contribution >= 4 is 11.6 Å². The molecule has 2 N–H and O–H groups in total. The molecule has 1 aromatic heterocycles. The Labute approximate surface area is 116 Å². The molecule has 112 valence electrons. The van der Waals surface area contributed by atoms with Crippen LogP contribution in [0.5, 0.6) is 0 Å². The average Bonchev–Trinajstić information content (AvgIpc) is 2.31. The highest BCUT2D eigenvalue weighted by atomic mass is 19.4. The molecule has 0 saturated heterocycles. The van der Waals surface area contributed by atoms with Crippen molar-refractivity contribution in [1.29, 1.82) is 0 Å². The van der Waals surface area contributed by atoms with Crippen molar-refractivity contribution in [2.24, 2.45) is 5.92 Å². The van der Waals surface area contributed by atoms with E-state index >= 15 is 0 Å². The molecule has 4 nitrogen and oxygen atoms in total. The van der Waals surface area contributed by atoms with Crippen molar-refractivity contribution in [1.82, 2.24) is 9.97 Å². The van der Waals surface area contributed by atoms with Gasteiger partial charge in [0.25, 0.3) is 0 Å². The third kappa shape index (κ3) is 3.98. The molecule has 0 radical (unpaired) electrons. The van der Waals surface area contributed by atoms with Gasteiger partial charge in [-0.1, -0.05) is 19.3 Å². The summed E-state index contributed by atoms with van der Waals surface area (Å²) in [4.78, 5) is 7.02. The van der Waals surface area contributed by atoms with Gasteiger partial charge >= 0.3 is 6.18 Å². The fourth-order valence-corrected chi connectivity index (χ4v) is 2.12. The molecule has 7 heteroatoms. The van der Waals surface area contributed by atoms with Crippen LogP contribution < -0.4 is 10.6 Å². The first-order chi connectivity index (χ1) is 9.49. The topological polar surface area (TPSA) is 49.8 Å². The summed E-state index contributed by atoms with van der Waals surface area (Å²) in [6.45, 7) is 2.96. The molecule has 0 unspecified atom stereocenters. The molecule has 0 aromatic carbocycles. The Morgan fingerprint density at radius 1 is 1.20 bits per heavy atom. The monoisotopic (exact) mass is 288 g/mol. The SMILES string of the molecule is CCNc1cc(NCCC2CCC2)nc(C(F)(F)F)n1. The highest BCUT2D eigenvalue weighted by molar-refractivity contribution is 5.47. The van der Waals surface area contributed by atoms with Crippen LogP contribution in [0.25, 0.3) is 0 Å². The maximum atomic E-state index is 12.7. The Morgan fingerprint density at radius 2 is 1.85 bits per heavy atom. The lowest BCUT2D eigenvalue weighted by atomic mass is 9.83. The minimum absolute atomic E-state index is 0.195. The van der Waals surface area contributed by atoms with E-state index < -0.39 is 12.0 Å². The molecule has 1 aromatic rings. The van der Waals surface area contributed by atoms with E-state index in [1.807, 2.05) is 0 Å². The molecule has 1 saturated carbocycles. The predicted octanol–water partition coefficient (Wildman–Crippen LogP) is 3.53. The molecule has 1 fully saturated rings. The largest absolute Gasteiger partial charge is 0.451 e. The van der Waals surface area contributed by atoms with E-state index in [4.69, 9.17) is 0 Å². The number of halogens is 3. The second-order valence-electron chi connectivity index (χ2n) is 5.00. The summed E-state index contributed by atoms with van der Waals surface area (Å²) in [6, 6.07) is 1.51. The van der Waals surface area contributed by atoms with E-state index in [1.54, 1.807) is 6.92 Å². The van der Waals surface area contributed by atoms with Gasteiger partial charge in [-0.25, -0.2) is 9.97 Å². The van der Waals surface area contributed by atoms with Crippen LogP contribution in [-0.2, 0) is 6.18 Å². The normalized spacial score (nSPS) is 15.8. The zero-order chi connectivity index (χ0) is 14.6. The molecule has 1 heterocycles. The number of hydrogen-bond acceptors (Lipinski definition) is 4. The molecule has 1 aliphatic carbocycles.